The lowest BCUT2D eigenvalue weighted by molar-refractivity contribution is -0.142. The Labute approximate surface area is 199 Å². The second kappa shape index (κ2) is 18.5. The zero-order valence-electron chi connectivity index (χ0n) is 19.6. The largest absolute Gasteiger partial charge is 0.480 e. The van der Waals surface area contributed by atoms with E-state index >= 15 is 0 Å². The van der Waals surface area contributed by atoms with Crippen molar-refractivity contribution in [2.45, 2.75) is 69.5 Å². The molecule has 0 radical (unpaired) electrons. The van der Waals surface area contributed by atoms with Crippen LogP contribution < -0.4 is 44.6 Å². The standard InChI is InChI=1S/C20H41N9O5/c21-9-3-1-6-13(27-16(30)12-23)17(31)28-14(8-5-11-26-20(24)25)18(32)29-15(19(33)34)7-2-4-10-22/h13-15H,1-12,21-23H2,(H,27,30)(H,28,31)(H,29,32)(H,33,34)(H4,24,25,26). The van der Waals surface area contributed by atoms with Gasteiger partial charge in [0.1, 0.15) is 18.1 Å². The summed E-state index contributed by atoms with van der Waals surface area (Å²) in [4.78, 5) is 53.0. The fourth-order valence-corrected chi connectivity index (χ4v) is 3.08. The van der Waals surface area contributed by atoms with Crippen LogP contribution in [0.2, 0.25) is 0 Å². The Hall–Kier alpha value is -2.97. The van der Waals surface area contributed by atoms with Crippen molar-refractivity contribution in [2.24, 2.45) is 33.7 Å². The smallest absolute Gasteiger partial charge is 0.326 e. The summed E-state index contributed by atoms with van der Waals surface area (Å²) in [6.07, 6.45) is 3.33. The van der Waals surface area contributed by atoms with Crippen molar-refractivity contribution in [3.05, 3.63) is 0 Å². The molecule has 0 aromatic carbocycles. The van der Waals surface area contributed by atoms with Gasteiger partial charge in [-0.3, -0.25) is 19.4 Å². The molecule has 0 aliphatic carbocycles. The number of aliphatic carboxylic acids is 1. The summed E-state index contributed by atoms with van der Waals surface area (Å²) in [5, 5.41) is 17.1. The number of hydrogen-bond donors (Lipinski definition) is 9. The third kappa shape index (κ3) is 14.2. The Kier molecular flexibility index (Phi) is 16.8. The van der Waals surface area contributed by atoms with Crippen LogP contribution in [0.3, 0.4) is 0 Å². The molecule has 0 heterocycles. The van der Waals surface area contributed by atoms with Gasteiger partial charge in [0.15, 0.2) is 5.96 Å². The van der Waals surface area contributed by atoms with E-state index in [-0.39, 0.29) is 31.9 Å². The molecule has 0 aromatic rings. The quantitative estimate of drug-likeness (QED) is 0.0500. The Bertz CT molecular complexity index is 671. The molecule has 0 saturated carbocycles. The number of amides is 3. The first-order valence-corrected chi connectivity index (χ1v) is 11.4. The Morgan fingerprint density at radius 3 is 1.65 bits per heavy atom. The number of aliphatic imine (C=N–C) groups is 1. The van der Waals surface area contributed by atoms with E-state index in [9.17, 15) is 24.3 Å². The van der Waals surface area contributed by atoms with Crippen LogP contribution in [-0.4, -0.2) is 79.1 Å². The average Bonchev–Trinajstić information content (AvgIpc) is 2.79. The van der Waals surface area contributed by atoms with Gasteiger partial charge in [-0.1, -0.05) is 0 Å². The number of nitrogens with one attached hydrogen (secondary N) is 3. The summed E-state index contributed by atoms with van der Waals surface area (Å²) in [6, 6.07) is -3.12. The van der Waals surface area contributed by atoms with Gasteiger partial charge in [-0.15, -0.1) is 0 Å². The first-order valence-electron chi connectivity index (χ1n) is 11.4. The van der Waals surface area contributed by atoms with Crippen LogP contribution in [0.5, 0.6) is 0 Å². The molecular formula is C20H41N9O5. The zero-order valence-corrected chi connectivity index (χ0v) is 19.6. The Balaban J connectivity index is 5.42. The summed E-state index contributed by atoms with van der Waals surface area (Å²) in [5.74, 6) is -3.07. The third-order valence-electron chi connectivity index (χ3n) is 4.92. The van der Waals surface area contributed by atoms with E-state index in [2.05, 4.69) is 20.9 Å². The first kappa shape index (κ1) is 31.0. The fourth-order valence-electron chi connectivity index (χ4n) is 3.08. The van der Waals surface area contributed by atoms with Gasteiger partial charge in [-0.25, -0.2) is 4.79 Å². The van der Waals surface area contributed by atoms with E-state index in [1.54, 1.807) is 0 Å². The van der Waals surface area contributed by atoms with Crippen LogP contribution in [0.25, 0.3) is 0 Å². The van der Waals surface area contributed by atoms with Gasteiger partial charge in [0, 0.05) is 6.54 Å². The molecule has 14 nitrogen and oxygen atoms in total. The number of carboxylic acids is 1. The maximum absolute atomic E-state index is 12.9. The van der Waals surface area contributed by atoms with Gasteiger partial charge in [0.25, 0.3) is 0 Å². The van der Waals surface area contributed by atoms with Crippen molar-refractivity contribution < 1.29 is 24.3 Å². The SMILES string of the molecule is NCCCCC(NC(=O)C(CCCN=C(N)N)NC(=O)C(CCCCN)NC(=O)CN)C(=O)O. The first-order chi connectivity index (χ1) is 16.2. The van der Waals surface area contributed by atoms with Crippen molar-refractivity contribution in [1.82, 2.24) is 16.0 Å². The van der Waals surface area contributed by atoms with Crippen molar-refractivity contribution in [3.63, 3.8) is 0 Å². The van der Waals surface area contributed by atoms with Crippen LogP contribution in [0.15, 0.2) is 4.99 Å². The maximum Gasteiger partial charge on any atom is 0.326 e. The monoisotopic (exact) mass is 487 g/mol. The van der Waals surface area contributed by atoms with E-state index in [0.717, 1.165) is 0 Å². The Morgan fingerprint density at radius 1 is 0.706 bits per heavy atom. The second-order valence-corrected chi connectivity index (χ2v) is 7.80. The predicted octanol–water partition coefficient (Wildman–Crippen LogP) is -3.20. The minimum Gasteiger partial charge on any atom is -0.480 e. The van der Waals surface area contributed by atoms with Gasteiger partial charge < -0.3 is 49.7 Å². The van der Waals surface area contributed by atoms with E-state index < -0.39 is 41.8 Å². The molecule has 0 spiro atoms. The molecule has 3 amide bonds. The van der Waals surface area contributed by atoms with E-state index in [1.165, 1.54) is 0 Å². The number of nitrogens with two attached hydrogens (primary N) is 5. The number of nitrogens with zero attached hydrogens (tertiary/aromatic N) is 1. The van der Waals surface area contributed by atoms with Gasteiger partial charge in [0.2, 0.25) is 17.7 Å². The maximum atomic E-state index is 12.9. The summed E-state index contributed by atoms with van der Waals surface area (Å²) in [6.45, 7) is 0.746. The van der Waals surface area contributed by atoms with Crippen LogP contribution >= 0.6 is 0 Å². The summed E-state index contributed by atoms with van der Waals surface area (Å²) in [5.41, 5.74) is 26.9. The fraction of sp³-hybridized carbons (Fsp3) is 0.750. The van der Waals surface area contributed by atoms with Crippen LogP contribution in [0, 0.1) is 0 Å². The molecule has 3 unspecified atom stereocenters. The molecule has 0 aromatic heterocycles. The predicted molar refractivity (Wildman–Crippen MR) is 128 cm³/mol. The minimum absolute atomic E-state index is 0.111. The molecule has 0 saturated heterocycles. The lowest BCUT2D eigenvalue weighted by Crippen LogP contribution is -2.56. The molecule has 196 valence electrons. The molecule has 14 heteroatoms. The van der Waals surface area contributed by atoms with Gasteiger partial charge in [0.05, 0.1) is 6.54 Å². The highest BCUT2D eigenvalue weighted by Gasteiger charge is 2.29. The van der Waals surface area contributed by atoms with Gasteiger partial charge in [-0.05, 0) is 64.5 Å². The van der Waals surface area contributed by atoms with Crippen molar-refractivity contribution in [2.75, 3.05) is 26.2 Å². The van der Waals surface area contributed by atoms with Gasteiger partial charge in [-0.2, -0.15) is 0 Å². The van der Waals surface area contributed by atoms with Crippen molar-refractivity contribution in [3.8, 4) is 0 Å². The zero-order chi connectivity index (χ0) is 25.9. The molecule has 0 fully saturated rings. The highest BCUT2D eigenvalue weighted by Crippen LogP contribution is 2.07. The minimum atomic E-state index is -1.19. The average molecular weight is 488 g/mol. The molecule has 34 heavy (non-hydrogen) atoms. The lowest BCUT2D eigenvalue weighted by atomic mass is 10.0. The molecule has 3 atom stereocenters. The molecule has 0 aliphatic rings. The summed E-state index contributed by atoms with van der Waals surface area (Å²) >= 11 is 0. The Morgan fingerprint density at radius 2 is 1.18 bits per heavy atom. The normalized spacial score (nSPS) is 13.3. The van der Waals surface area contributed by atoms with E-state index in [4.69, 9.17) is 28.7 Å². The second-order valence-electron chi connectivity index (χ2n) is 7.80. The van der Waals surface area contributed by atoms with Crippen LogP contribution in [0.4, 0.5) is 0 Å². The van der Waals surface area contributed by atoms with Gasteiger partial charge >= 0.3 is 5.97 Å². The van der Waals surface area contributed by atoms with Crippen LogP contribution in [-0.2, 0) is 19.2 Å². The highest BCUT2D eigenvalue weighted by atomic mass is 16.4. The summed E-state index contributed by atoms with van der Waals surface area (Å²) in [7, 11) is 0. The van der Waals surface area contributed by atoms with E-state index in [1.807, 2.05) is 0 Å². The number of rotatable bonds is 19. The lowest BCUT2D eigenvalue weighted by Gasteiger charge is -2.24. The third-order valence-corrected chi connectivity index (χ3v) is 4.92. The molecule has 14 N–H and O–H groups in total. The number of carbonyl (C=O) groups excluding carboxylic acids is 3. The van der Waals surface area contributed by atoms with Crippen molar-refractivity contribution in [1.29, 1.82) is 0 Å². The van der Waals surface area contributed by atoms with Crippen LogP contribution in [0.1, 0.15) is 51.4 Å². The molecular weight excluding hydrogens is 446 g/mol. The topological polar surface area (TPSA) is 267 Å². The van der Waals surface area contributed by atoms with E-state index in [0.29, 0.717) is 51.6 Å². The molecule has 0 bridgehead atoms. The van der Waals surface area contributed by atoms with Crippen molar-refractivity contribution >= 4 is 29.7 Å². The molecule has 0 rings (SSSR count). The number of unbranched alkanes of at least 4 members (excludes halogenated alkanes) is 2. The number of carboxylic acid groups (broad SMARTS) is 1. The summed E-state index contributed by atoms with van der Waals surface area (Å²) < 4.78 is 0. The molecule has 0 aliphatic heterocycles. The number of hydrogen-bond acceptors (Lipinski definition) is 8. The number of carbonyl (C=O) groups is 4. The number of guanidine groups is 1. The highest BCUT2D eigenvalue weighted by molar-refractivity contribution is 5.93.